The van der Waals surface area contributed by atoms with E-state index in [1.54, 1.807) is 29.2 Å². The van der Waals surface area contributed by atoms with Crippen LogP contribution in [-0.2, 0) is 4.79 Å². The number of carbonyl (C=O) groups excluding carboxylic acids is 1. The van der Waals surface area contributed by atoms with Crippen LogP contribution >= 0.6 is 11.8 Å². The zero-order valence-electron chi connectivity index (χ0n) is 15.0. The average molecular weight is 367 g/mol. The number of rotatable bonds is 4. The lowest BCUT2D eigenvalue weighted by molar-refractivity contribution is -0.122. The lowest BCUT2D eigenvalue weighted by atomic mass is 10.2. The molecule has 1 amide bonds. The van der Waals surface area contributed by atoms with E-state index >= 15 is 0 Å². The molecule has 0 saturated carbocycles. The van der Waals surface area contributed by atoms with Gasteiger partial charge in [-0.3, -0.25) is 9.69 Å². The van der Waals surface area contributed by atoms with Gasteiger partial charge in [-0.25, -0.2) is 4.99 Å². The Morgan fingerprint density at radius 3 is 2.35 bits per heavy atom. The van der Waals surface area contributed by atoms with Crippen molar-refractivity contribution in [1.29, 1.82) is 0 Å². The molecule has 6 heteroatoms. The molecular weight excluding hydrogens is 346 g/mol. The van der Waals surface area contributed by atoms with Crippen LogP contribution < -0.4 is 4.90 Å². The number of thioether (sulfide) groups is 1. The molecule has 0 radical (unpaired) electrons. The van der Waals surface area contributed by atoms with E-state index in [1.807, 2.05) is 56.3 Å². The Balaban J connectivity index is 1.87. The van der Waals surface area contributed by atoms with Crippen LogP contribution in [0, 0.1) is 0 Å². The minimum Gasteiger partial charge on any atom is -0.508 e. The van der Waals surface area contributed by atoms with Gasteiger partial charge in [0.1, 0.15) is 5.75 Å². The maximum absolute atomic E-state index is 12.7. The van der Waals surface area contributed by atoms with Crippen LogP contribution in [0.3, 0.4) is 0 Å². The molecule has 1 aliphatic rings. The van der Waals surface area contributed by atoms with Gasteiger partial charge in [0.2, 0.25) is 0 Å². The Kier molecular flexibility index (Phi) is 5.32. The van der Waals surface area contributed by atoms with E-state index in [0.29, 0.717) is 22.3 Å². The zero-order chi connectivity index (χ0) is 18.7. The summed E-state index contributed by atoms with van der Waals surface area (Å²) in [5, 5.41) is 10.0. The third-order valence-corrected chi connectivity index (χ3v) is 4.99. The summed E-state index contributed by atoms with van der Waals surface area (Å²) in [5.74, 6) is 0.157. The molecular formula is C20H21N3O2S. The van der Waals surface area contributed by atoms with E-state index in [0.717, 1.165) is 11.3 Å². The first kappa shape index (κ1) is 18.1. The van der Waals surface area contributed by atoms with Gasteiger partial charge in [-0.05, 0) is 66.7 Å². The van der Waals surface area contributed by atoms with Gasteiger partial charge < -0.3 is 10.0 Å². The smallest absolute Gasteiger partial charge is 0.266 e. The summed E-state index contributed by atoms with van der Waals surface area (Å²) in [5.41, 5.74) is 2.80. The van der Waals surface area contributed by atoms with Crippen molar-refractivity contribution >= 4 is 40.3 Å². The minimum atomic E-state index is -0.0354. The molecule has 0 unspecified atom stereocenters. The van der Waals surface area contributed by atoms with Gasteiger partial charge in [-0.2, -0.15) is 0 Å². The highest BCUT2D eigenvalue weighted by atomic mass is 32.2. The summed E-state index contributed by atoms with van der Waals surface area (Å²) < 4.78 is 0. The lowest BCUT2D eigenvalue weighted by Crippen LogP contribution is -2.28. The van der Waals surface area contributed by atoms with Crippen molar-refractivity contribution in [3.8, 4) is 5.75 Å². The Morgan fingerprint density at radius 2 is 1.77 bits per heavy atom. The normalized spacial score (nSPS) is 17.3. The molecule has 1 saturated heterocycles. The number of amidine groups is 1. The van der Waals surface area contributed by atoms with Crippen LogP contribution in [0.4, 0.5) is 11.4 Å². The van der Waals surface area contributed by atoms with Crippen molar-refractivity contribution in [1.82, 2.24) is 4.90 Å². The van der Waals surface area contributed by atoms with Crippen molar-refractivity contribution in [3.05, 3.63) is 59.0 Å². The van der Waals surface area contributed by atoms with E-state index in [4.69, 9.17) is 0 Å². The molecule has 0 bridgehead atoms. The summed E-state index contributed by atoms with van der Waals surface area (Å²) in [4.78, 5) is 21.6. The monoisotopic (exact) mass is 367 g/mol. The average Bonchev–Trinajstić information content (AvgIpc) is 2.92. The molecule has 1 heterocycles. The SMILES string of the molecule is CCN1C(=O)/C(=C/c2ccc(N(C)C)cc2)SC1=Nc1ccc(O)cc1. The van der Waals surface area contributed by atoms with Crippen LogP contribution in [0.25, 0.3) is 6.08 Å². The molecule has 0 aliphatic carbocycles. The number of hydrogen-bond acceptors (Lipinski definition) is 5. The van der Waals surface area contributed by atoms with Crippen LogP contribution in [0.1, 0.15) is 12.5 Å². The second-order valence-corrected chi connectivity index (χ2v) is 7.07. The van der Waals surface area contributed by atoms with Crippen molar-refractivity contribution in [2.24, 2.45) is 4.99 Å². The highest BCUT2D eigenvalue weighted by molar-refractivity contribution is 8.18. The van der Waals surface area contributed by atoms with Crippen LogP contribution in [-0.4, -0.2) is 41.7 Å². The third-order valence-electron chi connectivity index (χ3n) is 3.99. The molecule has 5 nitrogen and oxygen atoms in total. The molecule has 2 aromatic carbocycles. The van der Waals surface area contributed by atoms with Gasteiger partial charge >= 0.3 is 0 Å². The fraction of sp³-hybridized carbons (Fsp3) is 0.200. The van der Waals surface area contributed by atoms with Crippen LogP contribution in [0.5, 0.6) is 5.75 Å². The fourth-order valence-electron chi connectivity index (χ4n) is 2.53. The zero-order valence-corrected chi connectivity index (χ0v) is 15.8. The number of benzene rings is 2. The molecule has 0 aromatic heterocycles. The maximum atomic E-state index is 12.7. The van der Waals surface area contributed by atoms with Crippen LogP contribution in [0.15, 0.2) is 58.4 Å². The standard InChI is InChI=1S/C20H21N3O2S/c1-4-23-19(25)18(13-14-5-9-16(10-6-14)22(2)3)26-20(23)21-15-7-11-17(24)12-8-15/h5-13,24H,4H2,1-3H3/b18-13-,21-20?. The first-order valence-corrected chi connectivity index (χ1v) is 9.16. The van der Waals surface area contributed by atoms with Gasteiger partial charge in [0.25, 0.3) is 5.91 Å². The van der Waals surface area contributed by atoms with Gasteiger partial charge in [0.15, 0.2) is 5.17 Å². The molecule has 3 rings (SSSR count). The minimum absolute atomic E-state index is 0.0354. The fourth-order valence-corrected chi connectivity index (χ4v) is 3.59. The highest BCUT2D eigenvalue weighted by Gasteiger charge is 2.32. The number of aromatic hydroxyl groups is 1. The number of phenolic OH excluding ortho intramolecular Hbond substituents is 1. The van der Waals surface area contributed by atoms with Crippen molar-refractivity contribution < 1.29 is 9.90 Å². The third kappa shape index (κ3) is 3.91. The first-order valence-electron chi connectivity index (χ1n) is 8.34. The van der Waals surface area contributed by atoms with E-state index in [-0.39, 0.29) is 11.7 Å². The lowest BCUT2D eigenvalue weighted by Gasteiger charge is -2.12. The number of nitrogens with zero attached hydrogens (tertiary/aromatic N) is 3. The number of carbonyl (C=O) groups is 1. The number of amides is 1. The second kappa shape index (κ2) is 7.66. The van der Waals surface area contributed by atoms with Gasteiger partial charge in [-0.1, -0.05) is 12.1 Å². The van der Waals surface area contributed by atoms with Crippen LogP contribution in [0.2, 0.25) is 0 Å². The van der Waals surface area contributed by atoms with Crippen molar-refractivity contribution in [2.45, 2.75) is 6.92 Å². The number of likely N-dealkylation sites (N-methyl/N-ethyl adjacent to an activating group) is 1. The Morgan fingerprint density at radius 1 is 1.12 bits per heavy atom. The van der Waals surface area contributed by atoms with Crippen molar-refractivity contribution in [3.63, 3.8) is 0 Å². The Labute approximate surface area is 157 Å². The maximum Gasteiger partial charge on any atom is 0.266 e. The summed E-state index contributed by atoms with van der Waals surface area (Å²) in [6.45, 7) is 2.49. The number of hydrogen-bond donors (Lipinski definition) is 1. The molecule has 0 atom stereocenters. The van der Waals surface area contributed by atoms with E-state index in [1.165, 1.54) is 11.8 Å². The number of anilines is 1. The first-order chi connectivity index (χ1) is 12.5. The summed E-state index contributed by atoms with van der Waals surface area (Å²) in [6.07, 6.45) is 1.90. The molecule has 134 valence electrons. The predicted octanol–water partition coefficient (Wildman–Crippen LogP) is 4.08. The second-order valence-electron chi connectivity index (χ2n) is 6.06. The summed E-state index contributed by atoms with van der Waals surface area (Å²) >= 11 is 1.37. The van der Waals surface area contributed by atoms with E-state index in [9.17, 15) is 9.90 Å². The van der Waals surface area contributed by atoms with E-state index in [2.05, 4.69) is 4.99 Å². The van der Waals surface area contributed by atoms with Gasteiger partial charge in [0.05, 0.1) is 10.6 Å². The topological polar surface area (TPSA) is 56.1 Å². The largest absolute Gasteiger partial charge is 0.508 e. The molecule has 0 spiro atoms. The Hall–Kier alpha value is -2.73. The molecule has 1 N–H and O–H groups in total. The van der Waals surface area contributed by atoms with Gasteiger partial charge in [-0.15, -0.1) is 0 Å². The van der Waals surface area contributed by atoms with Gasteiger partial charge in [0, 0.05) is 26.3 Å². The molecule has 26 heavy (non-hydrogen) atoms. The van der Waals surface area contributed by atoms with Crippen molar-refractivity contribution in [2.75, 3.05) is 25.5 Å². The van der Waals surface area contributed by atoms with E-state index < -0.39 is 0 Å². The molecule has 1 aliphatic heterocycles. The molecule has 2 aromatic rings. The predicted molar refractivity (Wildman–Crippen MR) is 109 cm³/mol. The highest BCUT2D eigenvalue weighted by Crippen LogP contribution is 2.34. The summed E-state index contributed by atoms with van der Waals surface area (Å²) in [7, 11) is 3.99. The summed E-state index contributed by atoms with van der Waals surface area (Å²) in [6, 6.07) is 14.7. The number of aliphatic imine (C=N–C) groups is 1. The quantitative estimate of drug-likeness (QED) is 0.827. The Bertz CT molecular complexity index is 856. The molecule has 1 fully saturated rings. The number of phenols is 1.